The van der Waals surface area contributed by atoms with Crippen molar-refractivity contribution < 1.29 is 9.90 Å². The lowest BCUT2D eigenvalue weighted by molar-refractivity contribution is -0.121. The standard InChI is InChI=1S/C19H26N4O2/c1-3-17(19(25)20-14-8-6-5-7-9-14)22-11-10-18-15(12-22)16(13-24)21-23(18)4-2/h5-9,17,24H,3-4,10-13H2,1-2H3,(H,20,25)/t17-/m1/s1. The number of benzene rings is 1. The van der Waals surface area contributed by atoms with Gasteiger partial charge in [-0.25, -0.2) is 0 Å². The number of aryl methyl sites for hydroxylation is 1. The lowest BCUT2D eigenvalue weighted by Crippen LogP contribution is -2.46. The Bertz CT molecular complexity index is 727. The van der Waals surface area contributed by atoms with Crippen LogP contribution in [0.25, 0.3) is 0 Å². The number of aliphatic hydroxyl groups excluding tert-OH is 1. The second-order valence-corrected chi connectivity index (χ2v) is 6.35. The van der Waals surface area contributed by atoms with E-state index in [4.69, 9.17) is 0 Å². The zero-order valence-electron chi connectivity index (χ0n) is 14.9. The van der Waals surface area contributed by atoms with Gasteiger partial charge in [-0.05, 0) is 25.5 Å². The first-order valence-corrected chi connectivity index (χ1v) is 8.96. The molecule has 0 spiro atoms. The average Bonchev–Trinajstić information content (AvgIpc) is 3.00. The average molecular weight is 342 g/mol. The van der Waals surface area contributed by atoms with Crippen molar-refractivity contribution in [2.75, 3.05) is 11.9 Å². The van der Waals surface area contributed by atoms with Crippen molar-refractivity contribution in [3.05, 3.63) is 47.3 Å². The largest absolute Gasteiger partial charge is 0.390 e. The SMILES string of the molecule is CC[C@H](C(=O)Nc1ccccc1)N1CCc2c(c(CO)nn2CC)C1. The maximum Gasteiger partial charge on any atom is 0.241 e. The third-order valence-corrected chi connectivity index (χ3v) is 4.87. The van der Waals surface area contributed by atoms with Crippen molar-refractivity contribution in [2.24, 2.45) is 0 Å². The molecule has 3 rings (SSSR count). The summed E-state index contributed by atoms with van der Waals surface area (Å²) in [4.78, 5) is 14.9. The van der Waals surface area contributed by atoms with Gasteiger partial charge in [0.1, 0.15) is 0 Å². The van der Waals surface area contributed by atoms with Crippen LogP contribution in [0.15, 0.2) is 30.3 Å². The molecule has 0 saturated heterocycles. The monoisotopic (exact) mass is 342 g/mol. The van der Waals surface area contributed by atoms with Crippen LogP contribution in [-0.4, -0.2) is 38.3 Å². The van der Waals surface area contributed by atoms with Crippen LogP contribution in [0.4, 0.5) is 5.69 Å². The number of carbonyl (C=O) groups is 1. The molecule has 1 aliphatic rings. The van der Waals surface area contributed by atoms with Crippen LogP contribution >= 0.6 is 0 Å². The molecule has 1 amide bonds. The molecule has 2 aromatic rings. The van der Waals surface area contributed by atoms with E-state index < -0.39 is 0 Å². The number of nitrogens with one attached hydrogen (secondary N) is 1. The molecule has 0 radical (unpaired) electrons. The summed E-state index contributed by atoms with van der Waals surface area (Å²) in [6, 6.07) is 9.36. The van der Waals surface area contributed by atoms with Gasteiger partial charge >= 0.3 is 0 Å². The zero-order chi connectivity index (χ0) is 17.8. The van der Waals surface area contributed by atoms with Gasteiger partial charge in [0.05, 0.1) is 18.3 Å². The molecule has 1 aromatic heterocycles. The van der Waals surface area contributed by atoms with Crippen molar-refractivity contribution in [3.63, 3.8) is 0 Å². The van der Waals surface area contributed by atoms with Crippen LogP contribution in [0.1, 0.15) is 37.2 Å². The number of aromatic nitrogens is 2. The maximum atomic E-state index is 12.7. The second kappa shape index (κ2) is 7.80. The molecule has 0 bridgehead atoms. The lowest BCUT2D eigenvalue weighted by Gasteiger charge is -2.33. The van der Waals surface area contributed by atoms with Crippen molar-refractivity contribution in [1.29, 1.82) is 0 Å². The minimum Gasteiger partial charge on any atom is -0.390 e. The van der Waals surface area contributed by atoms with E-state index in [1.807, 2.05) is 41.9 Å². The summed E-state index contributed by atoms with van der Waals surface area (Å²) in [6.45, 7) is 6.32. The summed E-state index contributed by atoms with van der Waals surface area (Å²) in [5.74, 6) is 0.0191. The number of carbonyl (C=O) groups excluding carboxylic acids is 1. The summed E-state index contributed by atoms with van der Waals surface area (Å²) in [5.41, 5.74) is 3.83. The number of aliphatic hydroxyl groups is 1. The molecule has 1 atom stereocenters. The smallest absolute Gasteiger partial charge is 0.241 e. The summed E-state index contributed by atoms with van der Waals surface area (Å²) >= 11 is 0. The van der Waals surface area contributed by atoms with Crippen LogP contribution in [0.3, 0.4) is 0 Å². The van der Waals surface area contributed by atoms with E-state index in [2.05, 4.69) is 22.2 Å². The highest BCUT2D eigenvalue weighted by Gasteiger charge is 2.31. The molecular formula is C19H26N4O2. The first-order valence-electron chi connectivity index (χ1n) is 8.96. The quantitative estimate of drug-likeness (QED) is 0.844. The van der Waals surface area contributed by atoms with Crippen molar-refractivity contribution in [2.45, 2.75) is 52.4 Å². The molecule has 134 valence electrons. The number of fused-ring (bicyclic) bond motifs is 1. The minimum atomic E-state index is -0.190. The lowest BCUT2D eigenvalue weighted by atomic mass is 10.0. The van der Waals surface area contributed by atoms with Gasteiger partial charge in [0, 0.05) is 43.0 Å². The van der Waals surface area contributed by atoms with E-state index in [-0.39, 0.29) is 18.6 Å². The third-order valence-electron chi connectivity index (χ3n) is 4.87. The highest BCUT2D eigenvalue weighted by Crippen LogP contribution is 2.25. The highest BCUT2D eigenvalue weighted by molar-refractivity contribution is 5.94. The van der Waals surface area contributed by atoms with Crippen molar-refractivity contribution >= 4 is 11.6 Å². The van der Waals surface area contributed by atoms with Crippen LogP contribution in [0, 0.1) is 0 Å². The number of anilines is 1. The first-order chi connectivity index (χ1) is 12.2. The van der Waals surface area contributed by atoms with Gasteiger partial charge in [-0.2, -0.15) is 5.10 Å². The number of hydrogen-bond donors (Lipinski definition) is 2. The molecule has 6 heteroatoms. The van der Waals surface area contributed by atoms with E-state index in [0.29, 0.717) is 6.54 Å². The number of para-hydroxylation sites is 1. The van der Waals surface area contributed by atoms with Gasteiger partial charge < -0.3 is 10.4 Å². The Kier molecular flexibility index (Phi) is 5.50. The Balaban J connectivity index is 1.77. The van der Waals surface area contributed by atoms with Crippen LogP contribution < -0.4 is 5.32 Å². The van der Waals surface area contributed by atoms with Crippen LogP contribution in [0.2, 0.25) is 0 Å². The number of amides is 1. The van der Waals surface area contributed by atoms with Crippen LogP contribution in [0.5, 0.6) is 0 Å². The molecule has 6 nitrogen and oxygen atoms in total. The number of rotatable bonds is 6. The molecule has 2 N–H and O–H groups in total. The molecule has 0 aliphatic carbocycles. The molecule has 0 unspecified atom stereocenters. The molecule has 0 saturated carbocycles. The summed E-state index contributed by atoms with van der Waals surface area (Å²) < 4.78 is 1.98. The Morgan fingerprint density at radius 1 is 1.32 bits per heavy atom. The van der Waals surface area contributed by atoms with E-state index in [0.717, 1.165) is 42.9 Å². The number of nitrogens with zero attached hydrogens (tertiary/aromatic N) is 3. The fraction of sp³-hybridized carbons (Fsp3) is 0.474. The second-order valence-electron chi connectivity index (χ2n) is 6.35. The summed E-state index contributed by atoms with van der Waals surface area (Å²) in [7, 11) is 0. The van der Waals surface area contributed by atoms with Gasteiger partial charge in [0.15, 0.2) is 0 Å². The van der Waals surface area contributed by atoms with Gasteiger partial charge in [0.25, 0.3) is 0 Å². The fourth-order valence-corrected chi connectivity index (χ4v) is 3.59. The fourth-order valence-electron chi connectivity index (χ4n) is 3.59. The van der Waals surface area contributed by atoms with Crippen molar-refractivity contribution in [3.8, 4) is 0 Å². The van der Waals surface area contributed by atoms with E-state index >= 15 is 0 Å². The molecule has 25 heavy (non-hydrogen) atoms. The van der Waals surface area contributed by atoms with Crippen LogP contribution in [-0.2, 0) is 30.9 Å². The van der Waals surface area contributed by atoms with E-state index in [1.54, 1.807) is 0 Å². The van der Waals surface area contributed by atoms with Gasteiger partial charge in [-0.1, -0.05) is 25.1 Å². The normalized spacial score (nSPS) is 15.6. The Morgan fingerprint density at radius 3 is 2.72 bits per heavy atom. The Morgan fingerprint density at radius 2 is 2.08 bits per heavy atom. The van der Waals surface area contributed by atoms with E-state index in [9.17, 15) is 9.90 Å². The predicted molar refractivity (Wildman–Crippen MR) is 97.1 cm³/mol. The molecule has 1 aliphatic heterocycles. The topological polar surface area (TPSA) is 70.4 Å². The third kappa shape index (κ3) is 3.60. The Labute approximate surface area is 148 Å². The highest BCUT2D eigenvalue weighted by atomic mass is 16.3. The Hall–Kier alpha value is -2.18. The molecule has 1 aromatic carbocycles. The molecular weight excluding hydrogens is 316 g/mol. The number of hydrogen-bond acceptors (Lipinski definition) is 4. The van der Waals surface area contributed by atoms with Gasteiger partial charge in [-0.3, -0.25) is 14.4 Å². The first kappa shape index (κ1) is 17.6. The van der Waals surface area contributed by atoms with Gasteiger partial charge in [-0.15, -0.1) is 0 Å². The summed E-state index contributed by atoms with van der Waals surface area (Å²) in [5, 5.41) is 17.1. The minimum absolute atomic E-state index is 0.0191. The predicted octanol–water partition coefficient (Wildman–Crippen LogP) is 2.17. The molecule has 0 fully saturated rings. The van der Waals surface area contributed by atoms with E-state index in [1.165, 1.54) is 5.69 Å². The zero-order valence-corrected chi connectivity index (χ0v) is 14.9. The summed E-state index contributed by atoms with van der Waals surface area (Å²) in [6.07, 6.45) is 1.59. The maximum absolute atomic E-state index is 12.7. The van der Waals surface area contributed by atoms with Gasteiger partial charge in [0.2, 0.25) is 5.91 Å². The van der Waals surface area contributed by atoms with Crippen molar-refractivity contribution in [1.82, 2.24) is 14.7 Å². The molecule has 2 heterocycles.